The van der Waals surface area contributed by atoms with Crippen molar-refractivity contribution in [3.05, 3.63) is 89.9 Å². The van der Waals surface area contributed by atoms with Crippen molar-refractivity contribution in [2.24, 2.45) is 0 Å². The van der Waals surface area contributed by atoms with Crippen LogP contribution in [0, 0.1) is 5.82 Å². The van der Waals surface area contributed by atoms with Crippen molar-refractivity contribution in [1.82, 2.24) is 4.98 Å². The van der Waals surface area contributed by atoms with Crippen LogP contribution in [0.15, 0.2) is 77.8 Å². The molecule has 0 saturated heterocycles. The molecule has 0 aliphatic rings. The molecule has 4 aromatic rings. The number of para-hydroxylation sites is 1. The molecule has 0 fully saturated rings. The third-order valence-corrected chi connectivity index (χ3v) is 6.27. The molecule has 8 heteroatoms. The Morgan fingerprint density at radius 1 is 1.06 bits per heavy atom. The minimum absolute atomic E-state index is 0.0525. The molecule has 0 radical (unpaired) electrons. The second-order valence-electron chi connectivity index (χ2n) is 7.41. The van der Waals surface area contributed by atoms with E-state index in [1.165, 1.54) is 43.5 Å². The van der Waals surface area contributed by atoms with Crippen LogP contribution in [0.4, 0.5) is 10.1 Å². The Balaban J connectivity index is 1.81. The molecule has 0 aliphatic heterocycles. The Morgan fingerprint density at radius 3 is 2.47 bits per heavy atom. The number of carbonyl (C=O) groups is 1. The summed E-state index contributed by atoms with van der Waals surface area (Å²) in [5.41, 5.74) is 2.20. The molecule has 4 rings (SSSR count). The highest BCUT2D eigenvalue weighted by molar-refractivity contribution is 7.90. The molecular formula is C24H21FN2O4S. The number of hydrogen-bond acceptors (Lipinski definition) is 5. The number of aromatic nitrogens is 1. The highest BCUT2D eigenvalue weighted by Gasteiger charge is 2.25. The van der Waals surface area contributed by atoms with Gasteiger partial charge in [0.1, 0.15) is 17.6 Å². The van der Waals surface area contributed by atoms with Crippen molar-refractivity contribution in [1.29, 1.82) is 0 Å². The first kappa shape index (κ1) is 21.6. The molecule has 6 nitrogen and oxygen atoms in total. The maximum Gasteiger partial charge on any atom is 0.191 e. The molecule has 0 aliphatic carbocycles. The van der Waals surface area contributed by atoms with E-state index in [4.69, 9.17) is 4.74 Å². The molecule has 0 saturated carbocycles. The lowest BCUT2D eigenvalue weighted by Crippen LogP contribution is -2.21. The molecule has 2 N–H and O–H groups in total. The fourth-order valence-electron chi connectivity index (χ4n) is 3.54. The van der Waals surface area contributed by atoms with Crippen LogP contribution in [-0.4, -0.2) is 32.6 Å². The number of nitrogens with one attached hydrogen (secondary N) is 2. The Kier molecular flexibility index (Phi) is 5.71. The van der Waals surface area contributed by atoms with Crippen molar-refractivity contribution in [3.63, 3.8) is 0 Å². The number of sulfone groups is 1. The lowest BCUT2D eigenvalue weighted by molar-refractivity contribution is 0.0971. The zero-order valence-electron chi connectivity index (χ0n) is 17.4. The third kappa shape index (κ3) is 4.36. The molecule has 1 heterocycles. The normalized spacial score (nSPS) is 12.5. The van der Waals surface area contributed by atoms with E-state index in [9.17, 15) is 17.6 Å². The van der Waals surface area contributed by atoms with Crippen molar-refractivity contribution >= 4 is 32.2 Å². The molecule has 164 valence electrons. The van der Waals surface area contributed by atoms with Gasteiger partial charge in [0.15, 0.2) is 15.6 Å². The van der Waals surface area contributed by atoms with Crippen LogP contribution in [0.1, 0.15) is 22.0 Å². The number of ether oxygens (including phenoxy) is 1. The van der Waals surface area contributed by atoms with Gasteiger partial charge in [0.25, 0.3) is 0 Å². The number of ketones is 1. The number of hydrogen-bond donors (Lipinski definition) is 2. The van der Waals surface area contributed by atoms with E-state index in [1.807, 2.05) is 24.3 Å². The second kappa shape index (κ2) is 8.47. The number of halogens is 1. The Hall–Kier alpha value is -3.65. The number of anilines is 1. The summed E-state index contributed by atoms with van der Waals surface area (Å²) >= 11 is 0. The number of H-pyrrole nitrogens is 1. The Bertz CT molecular complexity index is 1400. The summed E-state index contributed by atoms with van der Waals surface area (Å²) < 4.78 is 43.0. The van der Waals surface area contributed by atoms with Crippen molar-refractivity contribution in [2.45, 2.75) is 10.9 Å². The van der Waals surface area contributed by atoms with Gasteiger partial charge < -0.3 is 15.0 Å². The van der Waals surface area contributed by atoms with Gasteiger partial charge in [-0.05, 0) is 35.9 Å². The van der Waals surface area contributed by atoms with Gasteiger partial charge >= 0.3 is 0 Å². The SMILES string of the molecule is COc1cc(NC(C(=O)c2c[nH]c3ccccc23)c2ccc(F)cc2)cc(S(C)(=O)=O)c1. The number of rotatable bonds is 7. The van der Waals surface area contributed by atoms with Gasteiger partial charge in [-0.15, -0.1) is 0 Å². The average Bonchev–Trinajstić information content (AvgIpc) is 3.21. The van der Waals surface area contributed by atoms with Gasteiger partial charge in [-0.1, -0.05) is 30.3 Å². The van der Waals surface area contributed by atoms with Gasteiger partial charge in [-0.2, -0.15) is 0 Å². The lowest BCUT2D eigenvalue weighted by Gasteiger charge is -2.20. The topological polar surface area (TPSA) is 88.3 Å². The minimum Gasteiger partial charge on any atom is -0.497 e. The lowest BCUT2D eigenvalue weighted by atomic mass is 9.96. The summed E-state index contributed by atoms with van der Waals surface area (Å²) in [4.78, 5) is 16.8. The van der Waals surface area contributed by atoms with Gasteiger partial charge in [0.2, 0.25) is 0 Å². The van der Waals surface area contributed by atoms with E-state index < -0.39 is 21.7 Å². The molecule has 0 spiro atoms. The summed E-state index contributed by atoms with van der Waals surface area (Å²) in [7, 11) is -2.09. The van der Waals surface area contributed by atoms with Gasteiger partial charge in [0, 0.05) is 40.7 Å². The van der Waals surface area contributed by atoms with Crippen LogP contribution >= 0.6 is 0 Å². The van der Waals surface area contributed by atoms with Crippen LogP contribution in [0.5, 0.6) is 5.75 Å². The van der Waals surface area contributed by atoms with Gasteiger partial charge in [-0.25, -0.2) is 12.8 Å². The summed E-state index contributed by atoms with van der Waals surface area (Å²) in [6.07, 6.45) is 2.73. The van der Waals surface area contributed by atoms with Crippen molar-refractivity contribution < 1.29 is 22.3 Å². The average molecular weight is 453 g/mol. The fourth-order valence-corrected chi connectivity index (χ4v) is 4.21. The molecule has 32 heavy (non-hydrogen) atoms. The van der Waals surface area contributed by atoms with E-state index in [1.54, 1.807) is 12.3 Å². The first-order valence-electron chi connectivity index (χ1n) is 9.78. The highest BCUT2D eigenvalue weighted by Crippen LogP contribution is 2.31. The van der Waals surface area contributed by atoms with E-state index in [2.05, 4.69) is 10.3 Å². The number of methoxy groups -OCH3 is 1. The molecule has 0 amide bonds. The van der Waals surface area contributed by atoms with Crippen LogP contribution in [0.25, 0.3) is 10.9 Å². The van der Waals surface area contributed by atoms with Crippen molar-refractivity contribution in [3.8, 4) is 5.75 Å². The van der Waals surface area contributed by atoms with Gasteiger partial charge in [-0.3, -0.25) is 4.79 Å². The Labute approximate surface area is 185 Å². The minimum atomic E-state index is -3.52. The smallest absolute Gasteiger partial charge is 0.191 e. The summed E-state index contributed by atoms with van der Waals surface area (Å²) in [6, 6.07) is 16.6. The molecule has 1 aromatic heterocycles. The number of Topliss-reactive ketones (excluding diaryl/α,β-unsaturated/α-hetero) is 1. The number of benzene rings is 3. The molecule has 1 unspecified atom stereocenters. The predicted octanol–water partition coefficient (Wildman–Crippen LogP) is 4.76. The fraction of sp³-hybridized carbons (Fsp3) is 0.125. The number of fused-ring (bicyclic) bond motifs is 1. The van der Waals surface area contributed by atoms with Crippen LogP contribution < -0.4 is 10.1 Å². The second-order valence-corrected chi connectivity index (χ2v) is 9.43. The van der Waals surface area contributed by atoms with E-state index in [0.29, 0.717) is 22.6 Å². The van der Waals surface area contributed by atoms with E-state index in [-0.39, 0.29) is 10.7 Å². The van der Waals surface area contributed by atoms with Crippen LogP contribution in [-0.2, 0) is 9.84 Å². The van der Waals surface area contributed by atoms with Gasteiger partial charge in [0.05, 0.1) is 12.0 Å². The third-order valence-electron chi connectivity index (χ3n) is 5.18. The standard InChI is InChI=1S/C24H21FN2O4S/c1-31-18-11-17(12-19(13-18)32(2,29)30)27-23(15-7-9-16(25)10-8-15)24(28)21-14-26-22-6-4-3-5-20(21)22/h3-14,23,26-27H,1-2H3. The largest absolute Gasteiger partial charge is 0.497 e. The zero-order chi connectivity index (χ0) is 22.9. The summed E-state index contributed by atoms with van der Waals surface area (Å²) in [5, 5.41) is 3.88. The van der Waals surface area contributed by atoms with Crippen LogP contribution in [0.3, 0.4) is 0 Å². The van der Waals surface area contributed by atoms with E-state index >= 15 is 0 Å². The maximum absolute atomic E-state index is 13.6. The predicted molar refractivity (Wildman–Crippen MR) is 121 cm³/mol. The molecule has 1 atom stereocenters. The van der Waals surface area contributed by atoms with E-state index in [0.717, 1.165) is 17.2 Å². The summed E-state index contributed by atoms with van der Waals surface area (Å²) in [5.74, 6) is -0.349. The number of aromatic amines is 1. The van der Waals surface area contributed by atoms with Crippen molar-refractivity contribution in [2.75, 3.05) is 18.7 Å². The van der Waals surface area contributed by atoms with Crippen LogP contribution in [0.2, 0.25) is 0 Å². The molecule has 3 aromatic carbocycles. The first-order chi connectivity index (χ1) is 15.3. The molecule has 0 bridgehead atoms. The zero-order valence-corrected chi connectivity index (χ0v) is 18.2. The number of carbonyl (C=O) groups excluding carboxylic acids is 1. The maximum atomic E-state index is 13.6. The summed E-state index contributed by atoms with van der Waals surface area (Å²) in [6.45, 7) is 0. The first-order valence-corrected chi connectivity index (χ1v) is 11.7. The Morgan fingerprint density at radius 2 is 1.78 bits per heavy atom. The quantitative estimate of drug-likeness (QED) is 0.395. The molecular weight excluding hydrogens is 431 g/mol. The highest BCUT2D eigenvalue weighted by atomic mass is 32.2. The monoisotopic (exact) mass is 452 g/mol.